The van der Waals surface area contributed by atoms with Crippen LogP contribution in [-0.4, -0.2) is 21.7 Å². The summed E-state index contributed by atoms with van der Waals surface area (Å²) in [5, 5.41) is 7.52. The van der Waals surface area contributed by atoms with E-state index in [1.165, 1.54) is 18.9 Å². The molecule has 4 nitrogen and oxygen atoms in total. The summed E-state index contributed by atoms with van der Waals surface area (Å²) in [6.07, 6.45) is 5.03. The smallest absolute Gasteiger partial charge is 0.272 e. The standard InChI is InChI=1S/C18H20FN3O/c1-11(12-9-10-12)20-18(23)17-13-5-4-8-15(13)22(21-17)16-7-3-2-6-14(16)19/h2-3,6-7,11-12H,4-5,8-10H2,1H3,(H,20,23). The molecule has 0 radical (unpaired) electrons. The van der Waals surface area contributed by atoms with Gasteiger partial charge >= 0.3 is 0 Å². The average molecular weight is 313 g/mol. The highest BCUT2D eigenvalue weighted by Crippen LogP contribution is 2.33. The lowest BCUT2D eigenvalue weighted by Crippen LogP contribution is -2.34. The van der Waals surface area contributed by atoms with E-state index in [4.69, 9.17) is 0 Å². The molecule has 0 saturated heterocycles. The van der Waals surface area contributed by atoms with Crippen molar-refractivity contribution in [3.05, 3.63) is 47.0 Å². The number of nitrogens with zero attached hydrogens (tertiary/aromatic N) is 2. The van der Waals surface area contributed by atoms with Crippen molar-refractivity contribution in [3.63, 3.8) is 0 Å². The van der Waals surface area contributed by atoms with E-state index >= 15 is 0 Å². The van der Waals surface area contributed by atoms with Crippen molar-refractivity contribution in [2.24, 2.45) is 5.92 Å². The summed E-state index contributed by atoms with van der Waals surface area (Å²) in [6, 6.07) is 6.75. The fourth-order valence-corrected chi connectivity index (χ4v) is 3.43. The van der Waals surface area contributed by atoms with Gasteiger partial charge in [-0.1, -0.05) is 12.1 Å². The number of nitrogens with one attached hydrogen (secondary N) is 1. The van der Waals surface area contributed by atoms with Crippen LogP contribution in [0.25, 0.3) is 5.69 Å². The molecule has 1 fully saturated rings. The number of aromatic nitrogens is 2. The molecule has 1 unspecified atom stereocenters. The number of halogens is 1. The first-order valence-corrected chi connectivity index (χ1v) is 8.31. The highest BCUT2D eigenvalue weighted by molar-refractivity contribution is 5.94. The molecule has 5 heteroatoms. The number of para-hydroxylation sites is 1. The Labute approximate surface area is 134 Å². The minimum atomic E-state index is -0.317. The molecule has 2 aliphatic rings. The summed E-state index contributed by atoms with van der Waals surface area (Å²) in [6.45, 7) is 2.05. The lowest BCUT2D eigenvalue weighted by Gasteiger charge is -2.12. The van der Waals surface area contributed by atoms with Crippen molar-refractivity contribution in [1.82, 2.24) is 15.1 Å². The lowest BCUT2D eigenvalue weighted by atomic mass is 10.1. The van der Waals surface area contributed by atoms with Crippen molar-refractivity contribution in [2.75, 3.05) is 0 Å². The molecule has 1 aromatic heterocycles. The van der Waals surface area contributed by atoms with Crippen molar-refractivity contribution in [3.8, 4) is 5.69 Å². The summed E-state index contributed by atoms with van der Waals surface area (Å²) >= 11 is 0. The van der Waals surface area contributed by atoms with Crippen LogP contribution in [0.1, 0.15) is 47.9 Å². The largest absolute Gasteiger partial charge is 0.348 e. The Morgan fingerprint density at radius 3 is 2.87 bits per heavy atom. The maximum absolute atomic E-state index is 14.1. The van der Waals surface area contributed by atoms with Gasteiger partial charge in [-0.25, -0.2) is 9.07 Å². The molecule has 2 aromatic rings. The highest BCUT2D eigenvalue weighted by atomic mass is 19.1. The SMILES string of the molecule is CC(NC(=O)c1nn(-c2ccccc2F)c2c1CCC2)C1CC1. The van der Waals surface area contributed by atoms with Crippen LogP contribution < -0.4 is 5.32 Å². The van der Waals surface area contributed by atoms with Gasteiger partial charge in [0.1, 0.15) is 11.5 Å². The third-order valence-electron chi connectivity index (χ3n) is 4.91. The third kappa shape index (κ3) is 2.54. The fourth-order valence-electron chi connectivity index (χ4n) is 3.43. The minimum absolute atomic E-state index is 0.127. The van der Waals surface area contributed by atoms with E-state index < -0.39 is 0 Å². The number of rotatable bonds is 4. The van der Waals surface area contributed by atoms with Gasteiger partial charge in [-0.3, -0.25) is 4.79 Å². The van der Waals surface area contributed by atoms with Gasteiger partial charge in [0.05, 0.1) is 0 Å². The minimum Gasteiger partial charge on any atom is -0.348 e. The molecule has 1 N–H and O–H groups in total. The van der Waals surface area contributed by atoms with Crippen molar-refractivity contribution in [2.45, 2.75) is 45.1 Å². The van der Waals surface area contributed by atoms with Gasteiger partial charge in [-0.15, -0.1) is 0 Å². The van der Waals surface area contributed by atoms with Crippen molar-refractivity contribution < 1.29 is 9.18 Å². The molecule has 1 saturated carbocycles. The molecule has 1 amide bonds. The lowest BCUT2D eigenvalue weighted by molar-refractivity contribution is 0.0929. The summed E-state index contributed by atoms with van der Waals surface area (Å²) in [7, 11) is 0. The Kier molecular flexibility index (Phi) is 3.43. The molecule has 23 heavy (non-hydrogen) atoms. The van der Waals surface area contributed by atoms with Gasteiger partial charge in [0.2, 0.25) is 0 Å². The van der Waals surface area contributed by atoms with Crippen molar-refractivity contribution in [1.29, 1.82) is 0 Å². The number of benzene rings is 1. The van der Waals surface area contributed by atoms with Gasteiger partial charge in [0.25, 0.3) is 5.91 Å². The number of carbonyl (C=O) groups excluding carboxylic acids is 1. The van der Waals surface area contributed by atoms with Gasteiger partial charge in [0, 0.05) is 17.3 Å². The Morgan fingerprint density at radius 2 is 2.13 bits per heavy atom. The Bertz CT molecular complexity index is 764. The molecule has 1 aromatic carbocycles. The summed E-state index contributed by atoms with van der Waals surface area (Å²) in [5.41, 5.74) is 2.83. The molecule has 120 valence electrons. The first-order chi connectivity index (χ1) is 11.1. The van der Waals surface area contributed by atoms with Crippen LogP contribution in [0.3, 0.4) is 0 Å². The first kappa shape index (κ1) is 14.4. The maximum atomic E-state index is 14.1. The molecule has 1 atom stereocenters. The monoisotopic (exact) mass is 313 g/mol. The zero-order valence-electron chi connectivity index (χ0n) is 13.2. The van der Waals surface area contributed by atoms with Gasteiger partial charge in [0.15, 0.2) is 5.69 Å². The van der Waals surface area contributed by atoms with Gasteiger partial charge in [-0.2, -0.15) is 5.10 Å². The predicted molar refractivity (Wildman–Crippen MR) is 85.2 cm³/mol. The van der Waals surface area contributed by atoms with Crippen LogP contribution >= 0.6 is 0 Å². The van der Waals surface area contributed by atoms with Crippen molar-refractivity contribution >= 4 is 5.91 Å². The van der Waals surface area contributed by atoms with E-state index in [0.717, 1.165) is 30.5 Å². The van der Waals surface area contributed by atoms with E-state index in [1.54, 1.807) is 22.9 Å². The van der Waals surface area contributed by atoms with Crippen LogP contribution in [0.5, 0.6) is 0 Å². The van der Waals surface area contributed by atoms with Crippen LogP contribution in [0.2, 0.25) is 0 Å². The molecular formula is C18H20FN3O. The predicted octanol–water partition coefficient (Wildman–Crippen LogP) is 3.03. The zero-order chi connectivity index (χ0) is 16.0. The Hall–Kier alpha value is -2.17. The second-order valence-electron chi connectivity index (χ2n) is 6.59. The van der Waals surface area contributed by atoms with E-state index in [-0.39, 0.29) is 17.8 Å². The topological polar surface area (TPSA) is 46.9 Å². The number of fused-ring (bicyclic) bond motifs is 1. The van der Waals surface area contributed by atoms with Crippen LogP contribution in [-0.2, 0) is 12.8 Å². The molecule has 4 rings (SSSR count). The molecular weight excluding hydrogens is 293 g/mol. The Balaban J connectivity index is 1.70. The molecule has 0 bridgehead atoms. The number of hydrogen-bond donors (Lipinski definition) is 1. The molecule has 0 spiro atoms. The van der Waals surface area contributed by atoms with E-state index in [9.17, 15) is 9.18 Å². The number of amides is 1. The maximum Gasteiger partial charge on any atom is 0.272 e. The normalized spacial score (nSPS) is 17.8. The van der Waals surface area contributed by atoms with E-state index in [1.807, 2.05) is 6.92 Å². The van der Waals surface area contributed by atoms with Crippen LogP contribution in [0, 0.1) is 11.7 Å². The summed E-state index contributed by atoms with van der Waals surface area (Å²) in [5.74, 6) is 0.154. The van der Waals surface area contributed by atoms with E-state index in [2.05, 4.69) is 10.4 Å². The third-order valence-corrected chi connectivity index (χ3v) is 4.91. The molecule has 0 aliphatic heterocycles. The van der Waals surface area contributed by atoms with Crippen LogP contribution in [0.4, 0.5) is 4.39 Å². The number of carbonyl (C=O) groups is 1. The average Bonchev–Trinajstić information content (AvgIpc) is 3.17. The first-order valence-electron chi connectivity index (χ1n) is 8.31. The molecule has 2 aliphatic carbocycles. The second-order valence-corrected chi connectivity index (χ2v) is 6.59. The quantitative estimate of drug-likeness (QED) is 0.943. The molecule has 1 heterocycles. The summed E-state index contributed by atoms with van der Waals surface area (Å²) < 4.78 is 15.7. The Morgan fingerprint density at radius 1 is 1.35 bits per heavy atom. The number of hydrogen-bond acceptors (Lipinski definition) is 2. The fraction of sp³-hybridized carbons (Fsp3) is 0.444. The summed E-state index contributed by atoms with van der Waals surface area (Å²) in [4.78, 5) is 12.6. The van der Waals surface area contributed by atoms with E-state index in [0.29, 0.717) is 17.3 Å². The van der Waals surface area contributed by atoms with Gasteiger partial charge in [-0.05, 0) is 57.1 Å². The highest BCUT2D eigenvalue weighted by Gasteiger charge is 2.32. The zero-order valence-corrected chi connectivity index (χ0v) is 13.2. The second kappa shape index (κ2) is 5.48. The van der Waals surface area contributed by atoms with Crippen LogP contribution in [0.15, 0.2) is 24.3 Å². The van der Waals surface area contributed by atoms with Gasteiger partial charge < -0.3 is 5.32 Å².